The zero-order valence-electron chi connectivity index (χ0n) is 15.1. The van der Waals surface area contributed by atoms with Crippen LogP contribution in [0.15, 0.2) is 18.2 Å². The van der Waals surface area contributed by atoms with Crippen LogP contribution in [0.3, 0.4) is 0 Å². The normalized spacial score (nSPS) is 15.8. The molecule has 0 fully saturated rings. The van der Waals surface area contributed by atoms with Gasteiger partial charge in [-0.05, 0) is 55.4 Å². The van der Waals surface area contributed by atoms with Gasteiger partial charge in [0.25, 0.3) is 0 Å². The number of carboxylic acid groups (broad SMARTS) is 1. The van der Waals surface area contributed by atoms with Crippen molar-refractivity contribution in [1.82, 2.24) is 0 Å². The molecule has 9 heteroatoms. The van der Waals surface area contributed by atoms with E-state index in [1.54, 1.807) is 0 Å². The van der Waals surface area contributed by atoms with E-state index in [0.29, 0.717) is 32.1 Å². The highest BCUT2D eigenvalue weighted by Crippen LogP contribution is 2.30. The van der Waals surface area contributed by atoms with Gasteiger partial charge in [0.1, 0.15) is 12.4 Å². The number of hydrogen-bond donors (Lipinski definition) is 2. The summed E-state index contributed by atoms with van der Waals surface area (Å²) < 4.78 is 42.3. The van der Waals surface area contributed by atoms with Crippen molar-refractivity contribution in [3.63, 3.8) is 0 Å². The minimum Gasteiger partial charge on any atom is -0.492 e. The summed E-state index contributed by atoms with van der Waals surface area (Å²) in [4.78, 5) is 20.5. The van der Waals surface area contributed by atoms with Crippen LogP contribution in [0.2, 0.25) is 0 Å². The number of halogens is 3. The highest BCUT2D eigenvalue weighted by atomic mass is 19.4. The third-order valence-corrected chi connectivity index (χ3v) is 3.90. The van der Waals surface area contributed by atoms with E-state index < -0.39 is 12.1 Å². The first-order valence-corrected chi connectivity index (χ1v) is 8.57. The number of ether oxygens (including phenoxy) is 2. The summed E-state index contributed by atoms with van der Waals surface area (Å²) in [6.07, 6.45) is -1.57. The summed E-state index contributed by atoms with van der Waals surface area (Å²) in [7, 11) is 0. The van der Waals surface area contributed by atoms with Crippen molar-refractivity contribution in [3.05, 3.63) is 29.3 Å². The van der Waals surface area contributed by atoms with Gasteiger partial charge < -0.3 is 20.3 Å². The highest BCUT2D eigenvalue weighted by Gasteiger charge is 2.38. The first kappa shape index (κ1) is 22.8. The molecule has 0 aromatic heterocycles. The fraction of sp³-hybridized carbons (Fsp3) is 0.556. The van der Waals surface area contributed by atoms with Gasteiger partial charge in [-0.1, -0.05) is 6.07 Å². The van der Waals surface area contributed by atoms with E-state index in [9.17, 15) is 18.0 Å². The van der Waals surface area contributed by atoms with E-state index >= 15 is 0 Å². The van der Waals surface area contributed by atoms with Crippen LogP contribution >= 0.6 is 0 Å². The van der Waals surface area contributed by atoms with Crippen LogP contribution in [-0.2, 0) is 27.2 Å². The maximum atomic E-state index is 11.6. The topological polar surface area (TPSA) is 98.9 Å². The number of esters is 1. The number of fused-ring (bicyclic) bond motifs is 1. The standard InChI is InChI=1S/C16H23NO3.C2HF3O2/c1-2-19-16(18)10-12-3-4-13-5-6-15(20-8-7-17)11-14(13)9-12;3-2(4,5)1(6)7/h5-6,11-12H,2-4,7-10,17H2,1H3;(H,6,7). The van der Waals surface area contributed by atoms with E-state index in [0.717, 1.165) is 25.0 Å². The second-order valence-corrected chi connectivity index (χ2v) is 5.99. The van der Waals surface area contributed by atoms with Crippen molar-refractivity contribution >= 4 is 11.9 Å². The first-order chi connectivity index (χ1) is 12.7. The molecule has 1 aromatic carbocycles. The molecule has 3 N–H and O–H groups in total. The smallest absolute Gasteiger partial charge is 0.490 e. The van der Waals surface area contributed by atoms with Crippen molar-refractivity contribution in [1.29, 1.82) is 0 Å². The Kier molecular flexibility index (Phi) is 9.07. The number of carboxylic acids is 1. The average Bonchev–Trinajstić information content (AvgIpc) is 2.59. The molecule has 27 heavy (non-hydrogen) atoms. The van der Waals surface area contributed by atoms with Gasteiger partial charge in [-0.2, -0.15) is 13.2 Å². The highest BCUT2D eigenvalue weighted by molar-refractivity contribution is 5.73. The van der Waals surface area contributed by atoms with Crippen LogP contribution in [0.4, 0.5) is 13.2 Å². The molecule has 1 aliphatic carbocycles. The molecule has 1 atom stereocenters. The van der Waals surface area contributed by atoms with Crippen molar-refractivity contribution in [2.75, 3.05) is 19.8 Å². The van der Waals surface area contributed by atoms with Gasteiger partial charge in [0.15, 0.2) is 0 Å². The molecule has 2 rings (SSSR count). The van der Waals surface area contributed by atoms with Crippen molar-refractivity contribution < 1.29 is 37.3 Å². The van der Waals surface area contributed by atoms with Crippen LogP contribution in [0.1, 0.15) is 30.9 Å². The molecule has 0 radical (unpaired) electrons. The molecule has 0 heterocycles. The van der Waals surface area contributed by atoms with E-state index in [1.165, 1.54) is 11.1 Å². The van der Waals surface area contributed by atoms with Crippen molar-refractivity contribution in [2.45, 2.75) is 38.8 Å². The molecule has 0 bridgehead atoms. The summed E-state index contributed by atoms with van der Waals surface area (Å²) >= 11 is 0. The fourth-order valence-corrected chi connectivity index (χ4v) is 2.71. The van der Waals surface area contributed by atoms with Crippen LogP contribution in [-0.4, -0.2) is 43.0 Å². The summed E-state index contributed by atoms with van der Waals surface area (Å²) in [5, 5.41) is 7.12. The molecule has 6 nitrogen and oxygen atoms in total. The minimum atomic E-state index is -5.08. The molecular formula is C18H24F3NO5. The molecule has 1 aromatic rings. The Labute approximate surface area is 155 Å². The predicted molar refractivity (Wildman–Crippen MR) is 91.4 cm³/mol. The molecule has 1 unspecified atom stereocenters. The van der Waals surface area contributed by atoms with Gasteiger partial charge in [0.05, 0.1) is 6.61 Å². The number of alkyl halides is 3. The van der Waals surface area contributed by atoms with Crippen LogP contribution in [0.25, 0.3) is 0 Å². The lowest BCUT2D eigenvalue weighted by atomic mass is 9.82. The van der Waals surface area contributed by atoms with E-state index in [2.05, 4.69) is 12.1 Å². The fourth-order valence-electron chi connectivity index (χ4n) is 2.71. The maximum absolute atomic E-state index is 11.6. The largest absolute Gasteiger partial charge is 0.492 e. The Bertz CT molecular complexity index is 634. The zero-order chi connectivity index (χ0) is 20.4. The third-order valence-electron chi connectivity index (χ3n) is 3.90. The number of carbonyl (C=O) groups is 2. The lowest BCUT2D eigenvalue weighted by Gasteiger charge is -2.24. The summed E-state index contributed by atoms with van der Waals surface area (Å²) in [6, 6.07) is 6.21. The molecule has 0 aliphatic heterocycles. The molecular weight excluding hydrogens is 367 g/mol. The lowest BCUT2D eigenvalue weighted by Crippen LogP contribution is -2.21. The average molecular weight is 391 g/mol. The zero-order valence-corrected chi connectivity index (χ0v) is 15.1. The monoisotopic (exact) mass is 391 g/mol. The predicted octanol–water partition coefficient (Wildman–Crippen LogP) is 2.72. The summed E-state index contributed by atoms with van der Waals surface area (Å²) in [6.45, 7) is 3.35. The number of aryl methyl sites for hydroxylation is 1. The van der Waals surface area contributed by atoms with Crippen molar-refractivity contribution in [3.8, 4) is 5.75 Å². The molecule has 0 saturated heterocycles. The Hall–Kier alpha value is -2.29. The van der Waals surface area contributed by atoms with Gasteiger partial charge in [-0.25, -0.2) is 4.79 Å². The molecule has 152 valence electrons. The maximum Gasteiger partial charge on any atom is 0.490 e. The number of nitrogens with two attached hydrogens (primary N) is 1. The lowest BCUT2D eigenvalue weighted by molar-refractivity contribution is -0.192. The SMILES string of the molecule is CCOC(=O)CC1CCc2ccc(OCCN)cc2C1.O=C(O)C(F)(F)F. The van der Waals surface area contributed by atoms with Crippen molar-refractivity contribution in [2.24, 2.45) is 11.7 Å². The third kappa shape index (κ3) is 8.29. The number of benzene rings is 1. The quantitative estimate of drug-likeness (QED) is 0.724. The Morgan fingerprint density at radius 3 is 2.52 bits per heavy atom. The molecule has 0 amide bonds. The second-order valence-electron chi connectivity index (χ2n) is 5.99. The van der Waals surface area contributed by atoms with Crippen LogP contribution in [0.5, 0.6) is 5.75 Å². The number of carbonyl (C=O) groups excluding carboxylic acids is 1. The number of hydrogen-bond acceptors (Lipinski definition) is 5. The van der Waals surface area contributed by atoms with E-state index in [4.69, 9.17) is 25.1 Å². The van der Waals surface area contributed by atoms with E-state index in [-0.39, 0.29) is 5.97 Å². The molecule has 1 aliphatic rings. The van der Waals surface area contributed by atoms with Gasteiger partial charge >= 0.3 is 18.1 Å². The van der Waals surface area contributed by atoms with E-state index in [1.807, 2.05) is 13.0 Å². The molecule has 0 spiro atoms. The summed E-state index contributed by atoms with van der Waals surface area (Å²) in [5.41, 5.74) is 8.10. The van der Waals surface area contributed by atoms with Crippen LogP contribution < -0.4 is 10.5 Å². The number of aliphatic carboxylic acids is 1. The first-order valence-electron chi connectivity index (χ1n) is 8.57. The Balaban J connectivity index is 0.000000445. The second kappa shape index (κ2) is 10.8. The van der Waals surface area contributed by atoms with Gasteiger partial charge in [0.2, 0.25) is 0 Å². The Morgan fingerprint density at radius 2 is 1.96 bits per heavy atom. The summed E-state index contributed by atoms with van der Waals surface area (Å²) in [5.74, 6) is -1.60. The number of rotatable bonds is 6. The van der Waals surface area contributed by atoms with Gasteiger partial charge in [-0.3, -0.25) is 4.79 Å². The Morgan fingerprint density at radius 1 is 1.30 bits per heavy atom. The van der Waals surface area contributed by atoms with Gasteiger partial charge in [0, 0.05) is 13.0 Å². The minimum absolute atomic E-state index is 0.0866. The molecule has 0 saturated carbocycles. The van der Waals surface area contributed by atoms with Gasteiger partial charge in [-0.15, -0.1) is 0 Å². The van der Waals surface area contributed by atoms with Crippen LogP contribution in [0, 0.1) is 5.92 Å².